The summed E-state index contributed by atoms with van der Waals surface area (Å²) in [4.78, 5) is 15.1. The van der Waals surface area contributed by atoms with E-state index >= 15 is 0 Å². The largest absolute Gasteiger partial charge is 0.338 e. The molecule has 0 saturated carbocycles. The molecule has 0 aliphatic rings. The van der Waals surface area contributed by atoms with Crippen LogP contribution in [-0.2, 0) is 11.3 Å². The fourth-order valence-corrected chi connectivity index (χ4v) is 2.51. The minimum atomic E-state index is 0.00452. The second-order valence-electron chi connectivity index (χ2n) is 4.24. The van der Waals surface area contributed by atoms with Crippen LogP contribution >= 0.6 is 11.3 Å². The fourth-order valence-electron chi connectivity index (χ4n) is 1.79. The monoisotopic (exact) mass is 254 g/mol. The first-order valence-electron chi connectivity index (χ1n) is 6.23. The van der Waals surface area contributed by atoms with Crippen molar-refractivity contribution in [1.82, 2.24) is 4.90 Å². The number of hydrogen-bond acceptors (Lipinski definition) is 3. The van der Waals surface area contributed by atoms with Gasteiger partial charge in [0.2, 0.25) is 5.91 Å². The third kappa shape index (κ3) is 4.88. The Kier molecular flexibility index (Phi) is 6.22. The van der Waals surface area contributed by atoms with E-state index in [1.165, 1.54) is 4.88 Å². The van der Waals surface area contributed by atoms with Crippen molar-refractivity contribution in [3.63, 3.8) is 0 Å². The zero-order valence-electron chi connectivity index (χ0n) is 10.7. The quantitative estimate of drug-likeness (QED) is 0.813. The second kappa shape index (κ2) is 7.45. The average molecular weight is 254 g/mol. The summed E-state index contributed by atoms with van der Waals surface area (Å²) in [6.07, 6.45) is 2.42. The van der Waals surface area contributed by atoms with Crippen molar-refractivity contribution in [2.75, 3.05) is 6.54 Å². The van der Waals surface area contributed by atoms with Crippen LogP contribution in [0.4, 0.5) is 0 Å². The minimum absolute atomic E-state index is 0.00452. The third-order valence-electron chi connectivity index (χ3n) is 2.76. The molecule has 0 saturated heterocycles. The molecular formula is C13H22N2OS. The molecule has 17 heavy (non-hydrogen) atoms. The number of nitrogens with zero attached hydrogens (tertiary/aromatic N) is 1. The maximum absolute atomic E-state index is 12.0. The fraction of sp³-hybridized carbons (Fsp3) is 0.615. The van der Waals surface area contributed by atoms with Gasteiger partial charge in [0.15, 0.2) is 0 Å². The van der Waals surface area contributed by atoms with Gasteiger partial charge >= 0.3 is 0 Å². The SMILES string of the molecule is CCCC(N)CC(=O)N(CC)Cc1cccs1. The Bertz CT molecular complexity index is 324. The molecule has 3 nitrogen and oxygen atoms in total. The molecule has 0 aromatic carbocycles. The highest BCUT2D eigenvalue weighted by Gasteiger charge is 2.15. The topological polar surface area (TPSA) is 46.3 Å². The van der Waals surface area contributed by atoms with Gasteiger partial charge in [-0.2, -0.15) is 0 Å². The Morgan fingerprint density at radius 3 is 2.82 bits per heavy atom. The van der Waals surface area contributed by atoms with E-state index in [4.69, 9.17) is 5.73 Å². The summed E-state index contributed by atoms with van der Waals surface area (Å²) in [6, 6.07) is 4.08. The van der Waals surface area contributed by atoms with E-state index in [-0.39, 0.29) is 11.9 Å². The predicted molar refractivity (Wildman–Crippen MR) is 72.9 cm³/mol. The number of hydrogen-bond donors (Lipinski definition) is 1. The van der Waals surface area contributed by atoms with E-state index < -0.39 is 0 Å². The molecule has 96 valence electrons. The maximum atomic E-state index is 12.0. The highest BCUT2D eigenvalue weighted by atomic mass is 32.1. The molecule has 1 atom stereocenters. The van der Waals surface area contributed by atoms with E-state index in [0.717, 1.165) is 19.4 Å². The lowest BCUT2D eigenvalue weighted by Crippen LogP contribution is -2.35. The Labute approximate surface area is 108 Å². The summed E-state index contributed by atoms with van der Waals surface area (Å²) in [5.41, 5.74) is 5.91. The number of carbonyl (C=O) groups excluding carboxylic acids is 1. The van der Waals surface area contributed by atoms with Crippen LogP contribution in [0.3, 0.4) is 0 Å². The minimum Gasteiger partial charge on any atom is -0.338 e. The van der Waals surface area contributed by atoms with Crippen molar-refractivity contribution in [3.8, 4) is 0 Å². The zero-order valence-corrected chi connectivity index (χ0v) is 11.5. The van der Waals surface area contributed by atoms with Gasteiger partial charge in [0.1, 0.15) is 0 Å². The van der Waals surface area contributed by atoms with Crippen LogP contribution in [0.25, 0.3) is 0 Å². The molecule has 0 fully saturated rings. The van der Waals surface area contributed by atoms with Crippen LogP contribution in [0.1, 0.15) is 38.0 Å². The van der Waals surface area contributed by atoms with Crippen LogP contribution < -0.4 is 5.73 Å². The lowest BCUT2D eigenvalue weighted by Gasteiger charge is -2.22. The molecule has 0 aliphatic carbocycles. The summed E-state index contributed by atoms with van der Waals surface area (Å²) < 4.78 is 0. The summed E-state index contributed by atoms with van der Waals surface area (Å²) in [5, 5.41) is 2.04. The Morgan fingerprint density at radius 1 is 1.53 bits per heavy atom. The highest BCUT2D eigenvalue weighted by molar-refractivity contribution is 7.09. The standard InChI is InChI=1S/C13H22N2OS/c1-3-6-11(14)9-13(16)15(4-2)10-12-7-5-8-17-12/h5,7-8,11H,3-4,6,9-10,14H2,1-2H3. The summed E-state index contributed by atoms with van der Waals surface area (Å²) in [5.74, 6) is 0.168. The Balaban J connectivity index is 2.46. The molecule has 1 amide bonds. The second-order valence-corrected chi connectivity index (χ2v) is 5.27. The Hall–Kier alpha value is -0.870. The van der Waals surface area contributed by atoms with Crippen molar-refractivity contribution in [2.45, 2.75) is 45.7 Å². The van der Waals surface area contributed by atoms with Crippen LogP contribution in [0.5, 0.6) is 0 Å². The van der Waals surface area contributed by atoms with Crippen molar-refractivity contribution < 1.29 is 4.79 Å². The van der Waals surface area contributed by atoms with Crippen LogP contribution in [0.15, 0.2) is 17.5 Å². The molecule has 1 heterocycles. The molecule has 0 spiro atoms. The van der Waals surface area contributed by atoms with Crippen molar-refractivity contribution in [3.05, 3.63) is 22.4 Å². The first-order chi connectivity index (χ1) is 8.17. The van der Waals surface area contributed by atoms with Gasteiger partial charge in [-0.3, -0.25) is 4.79 Å². The molecule has 2 N–H and O–H groups in total. The van der Waals surface area contributed by atoms with Gasteiger partial charge in [0.05, 0.1) is 6.54 Å². The summed E-state index contributed by atoms with van der Waals surface area (Å²) in [7, 11) is 0. The van der Waals surface area contributed by atoms with E-state index in [2.05, 4.69) is 13.0 Å². The molecule has 0 bridgehead atoms. The van der Waals surface area contributed by atoms with Gasteiger partial charge in [-0.05, 0) is 24.8 Å². The Morgan fingerprint density at radius 2 is 2.29 bits per heavy atom. The normalized spacial score (nSPS) is 12.4. The average Bonchev–Trinajstić information content (AvgIpc) is 2.78. The van der Waals surface area contributed by atoms with E-state index in [0.29, 0.717) is 13.0 Å². The number of amides is 1. The van der Waals surface area contributed by atoms with E-state index in [1.54, 1.807) is 11.3 Å². The molecule has 1 unspecified atom stereocenters. The molecule has 1 aromatic rings. The van der Waals surface area contributed by atoms with Crippen LogP contribution in [0, 0.1) is 0 Å². The molecule has 1 aromatic heterocycles. The molecule has 0 radical (unpaired) electrons. The van der Waals surface area contributed by atoms with Gasteiger partial charge in [0, 0.05) is 23.9 Å². The van der Waals surface area contributed by atoms with Gasteiger partial charge in [-0.25, -0.2) is 0 Å². The first-order valence-corrected chi connectivity index (χ1v) is 7.11. The smallest absolute Gasteiger partial charge is 0.224 e. The van der Waals surface area contributed by atoms with Crippen molar-refractivity contribution >= 4 is 17.2 Å². The lowest BCUT2D eigenvalue weighted by atomic mass is 10.1. The zero-order chi connectivity index (χ0) is 12.7. The van der Waals surface area contributed by atoms with Gasteiger partial charge in [0.25, 0.3) is 0 Å². The predicted octanol–water partition coefficient (Wildman–Crippen LogP) is 2.61. The van der Waals surface area contributed by atoms with Gasteiger partial charge in [-0.1, -0.05) is 19.4 Å². The molecule has 4 heteroatoms. The summed E-state index contributed by atoms with van der Waals surface area (Å²) in [6.45, 7) is 5.56. The highest BCUT2D eigenvalue weighted by Crippen LogP contribution is 2.13. The van der Waals surface area contributed by atoms with Gasteiger partial charge < -0.3 is 10.6 Å². The number of thiophene rings is 1. The summed E-state index contributed by atoms with van der Waals surface area (Å²) >= 11 is 1.69. The molecule has 1 rings (SSSR count). The van der Waals surface area contributed by atoms with Gasteiger partial charge in [-0.15, -0.1) is 11.3 Å². The molecule has 0 aliphatic heterocycles. The third-order valence-corrected chi connectivity index (χ3v) is 3.62. The maximum Gasteiger partial charge on any atom is 0.224 e. The number of carbonyl (C=O) groups is 1. The van der Waals surface area contributed by atoms with Crippen LogP contribution in [-0.4, -0.2) is 23.4 Å². The van der Waals surface area contributed by atoms with Crippen molar-refractivity contribution in [1.29, 1.82) is 0 Å². The van der Waals surface area contributed by atoms with E-state index in [1.807, 2.05) is 23.3 Å². The van der Waals surface area contributed by atoms with Crippen LogP contribution in [0.2, 0.25) is 0 Å². The van der Waals surface area contributed by atoms with E-state index in [9.17, 15) is 4.79 Å². The lowest BCUT2D eigenvalue weighted by molar-refractivity contribution is -0.131. The molecular weight excluding hydrogens is 232 g/mol. The van der Waals surface area contributed by atoms with Crippen molar-refractivity contribution in [2.24, 2.45) is 5.73 Å². The number of rotatable bonds is 7. The number of nitrogens with two attached hydrogens (primary N) is 1. The first kappa shape index (κ1) is 14.2.